The lowest BCUT2D eigenvalue weighted by atomic mass is 10.3. The molecule has 0 bridgehead atoms. The van der Waals surface area contributed by atoms with Gasteiger partial charge in [0.05, 0.1) is 13.2 Å². The largest absolute Gasteiger partial charge is 0.497 e. The minimum absolute atomic E-state index is 0.356. The normalized spacial score (nSPS) is 9.96. The number of carbonyl (C=O) groups is 2. The molecule has 0 spiro atoms. The highest BCUT2D eigenvalue weighted by atomic mass is 16.7. The predicted octanol–water partition coefficient (Wildman–Crippen LogP) is 1.99. The van der Waals surface area contributed by atoms with Crippen LogP contribution in [0.2, 0.25) is 0 Å². The molecular weight excluding hydrogens is 308 g/mol. The van der Waals surface area contributed by atoms with E-state index < -0.39 is 29.3 Å². The Kier molecular flexibility index (Phi) is 4.92. The van der Waals surface area contributed by atoms with Crippen molar-refractivity contribution in [2.45, 2.75) is 0 Å². The Morgan fingerprint density at radius 2 is 2.09 bits per heavy atom. The molecule has 0 aliphatic carbocycles. The van der Waals surface area contributed by atoms with Crippen molar-refractivity contribution >= 4 is 23.4 Å². The van der Waals surface area contributed by atoms with Crippen LogP contribution in [-0.2, 0) is 9.53 Å². The van der Waals surface area contributed by atoms with Crippen LogP contribution in [0.1, 0.15) is 10.6 Å². The zero-order valence-electron chi connectivity index (χ0n) is 12.0. The van der Waals surface area contributed by atoms with Crippen LogP contribution in [0.3, 0.4) is 0 Å². The maximum Gasteiger partial charge on any atom is 0.433 e. The van der Waals surface area contributed by atoms with Crippen LogP contribution < -0.4 is 10.1 Å². The first-order chi connectivity index (χ1) is 11.0. The number of ether oxygens (including phenoxy) is 2. The number of nitro groups is 1. The average Bonchev–Trinajstić information content (AvgIpc) is 3.03. The van der Waals surface area contributed by atoms with Gasteiger partial charge in [-0.25, -0.2) is 4.79 Å². The summed E-state index contributed by atoms with van der Waals surface area (Å²) in [6.45, 7) is -0.565. The number of carbonyl (C=O) groups excluding carboxylic acids is 2. The number of furan rings is 1. The molecule has 0 radical (unpaired) electrons. The number of nitrogens with one attached hydrogen (secondary N) is 1. The van der Waals surface area contributed by atoms with E-state index in [4.69, 9.17) is 9.47 Å². The van der Waals surface area contributed by atoms with Gasteiger partial charge in [-0.05, 0) is 18.2 Å². The summed E-state index contributed by atoms with van der Waals surface area (Å²) in [5.74, 6) is -1.93. The van der Waals surface area contributed by atoms with E-state index in [0.29, 0.717) is 11.4 Å². The zero-order valence-corrected chi connectivity index (χ0v) is 12.0. The van der Waals surface area contributed by atoms with Gasteiger partial charge in [0.2, 0.25) is 5.76 Å². The van der Waals surface area contributed by atoms with Crippen LogP contribution in [0.15, 0.2) is 40.8 Å². The van der Waals surface area contributed by atoms with Gasteiger partial charge in [0.15, 0.2) is 6.61 Å². The summed E-state index contributed by atoms with van der Waals surface area (Å²) < 4.78 is 14.4. The summed E-state index contributed by atoms with van der Waals surface area (Å²) in [6.07, 6.45) is 0. The van der Waals surface area contributed by atoms with Crippen LogP contribution in [-0.4, -0.2) is 30.5 Å². The minimum atomic E-state index is -0.973. The van der Waals surface area contributed by atoms with Gasteiger partial charge in [-0.15, -0.1) is 0 Å². The van der Waals surface area contributed by atoms with Gasteiger partial charge in [-0.3, -0.25) is 14.9 Å². The van der Waals surface area contributed by atoms with E-state index in [0.717, 1.165) is 12.1 Å². The summed E-state index contributed by atoms with van der Waals surface area (Å²) >= 11 is 0. The lowest BCUT2D eigenvalue weighted by molar-refractivity contribution is -0.402. The molecule has 1 heterocycles. The Balaban J connectivity index is 1.87. The minimum Gasteiger partial charge on any atom is -0.497 e. The Labute approximate surface area is 129 Å². The van der Waals surface area contributed by atoms with E-state index in [2.05, 4.69) is 9.73 Å². The van der Waals surface area contributed by atoms with Gasteiger partial charge >= 0.3 is 11.9 Å². The molecule has 0 saturated heterocycles. The number of amides is 1. The van der Waals surface area contributed by atoms with Crippen molar-refractivity contribution in [3.63, 3.8) is 0 Å². The summed E-state index contributed by atoms with van der Waals surface area (Å²) in [6, 6.07) is 8.74. The lowest BCUT2D eigenvalue weighted by Crippen LogP contribution is -2.20. The van der Waals surface area contributed by atoms with Crippen LogP contribution in [0.4, 0.5) is 11.6 Å². The third-order valence-corrected chi connectivity index (χ3v) is 2.66. The Morgan fingerprint density at radius 3 is 2.74 bits per heavy atom. The standard InChI is InChI=1S/C14H12N2O7/c1-21-10-4-2-3-9(7-10)15-12(17)8-22-14(18)11-5-6-13(23-11)16(19)20/h2-7H,8H2,1H3,(H,15,17). The summed E-state index contributed by atoms with van der Waals surface area (Å²) in [5.41, 5.74) is 0.471. The number of nitrogens with zero attached hydrogens (tertiary/aromatic N) is 1. The van der Waals surface area contributed by atoms with E-state index in [1.807, 2.05) is 0 Å². The second-order valence-corrected chi connectivity index (χ2v) is 4.25. The lowest BCUT2D eigenvalue weighted by Gasteiger charge is -2.07. The molecule has 23 heavy (non-hydrogen) atoms. The van der Waals surface area contributed by atoms with Crippen molar-refractivity contribution in [1.29, 1.82) is 0 Å². The number of rotatable bonds is 6. The second kappa shape index (κ2) is 7.07. The average molecular weight is 320 g/mol. The van der Waals surface area contributed by atoms with Crippen molar-refractivity contribution in [2.75, 3.05) is 19.0 Å². The highest BCUT2D eigenvalue weighted by Crippen LogP contribution is 2.17. The van der Waals surface area contributed by atoms with E-state index in [-0.39, 0.29) is 5.76 Å². The van der Waals surface area contributed by atoms with Crippen molar-refractivity contribution < 1.29 is 28.4 Å². The molecular formula is C14H12N2O7. The van der Waals surface area contributed by atoms with Gasteiger partial charge in [-0.2, -0.15) is 0 Å². The second-order valence-electron chi connectivity index (χ2n) is 4.25. The molecule has 120 valence electrons. The molecule has 1 N–H and O–H groups in total. The molecule has 1 aromatic heterocycles. The van der Waals surface area contributed by atoms with Gasteiger partial charge in [0, 0.05) is 11.8 Å². The molecule has 1 aromatic carbocycles. The third-order valence-electron chi connectivity index (χ3n) is 2.66. The molecule has 0 saturated carbocycles. The molecule has 9 heteroatoms. The first-order valence-electron chi connectivity index (χ1n) is 6.35. The SMILES string of the molecule is COc1cccc(NC(=O)COC(=O)c2ccc([N+](=O)[O-])o2)c1. The molecule has 2 aromatic rings. The zero-order chi connectivity index (χ0) is 16.8. The first kappa shape index (κ1) is 16.0. The van der Waals surface area contributed by atoms with E-state index in [1.165, 1.54) is 7.11 Å². The topological polar surface area (TPSA) is 121 Å². The Morgan fingerprint density at radius 1 is 1.30 bits per heavy atom. The molecule has 0 aliphatic heterocycles. The van der Waals surface area contributed by atoms with Gasteiger partial charge in [0.25, 0.3) is 5.91 Å². The van der Waals surface area contributed by atoms with Crippen LogP contribution >= 0.6 is 0 Å². The maximum atomic E-state index is 11.7. The van der Waals surface area contributed by atoms with Crippen molar-refractivity contribution in [1.82, 2.24) is 0 Å². The number of hydrogen-bond acceptors (Lipinski definition) is 7. The van der Waals surface area contributed by atoms with Gasteiger partial charge in [-0.1, -0.05) is 6.07 Å². The smallest absolute Gasteiger partial charge is 0.433 e. The van der Waals surface area contributed by atoms with Crippen LogP contribution in [0.25, 0.3) is 0 Å². The Hall–Kier alpha value is -3.36. The fraction of sp³-hybridized carbons (Fsp3) is 0.143. The highest BCUT2D eigenvalue weighted by Gasteiger charge is 2.19. The fourth-order valence-corrected chi connectivity index (χ4v) is 1.64. The number of esters is 1. The molecule has 0 atom stereocenters. The van der Waals surface area contributed by atoms with E-state index in [1.54, 1.807) is 24.3 Å². The molecule has 0 unspecified atom stereocenters. The molecule has 2 rings (SSSR count). The predicted molar refractivity (Wildman–Crippen MR) is 77.3 cm³/mol. The quantitative estimate of drug-likeness (QED) is 0.490. The molecule has 9 nitrogen and oxygen atoms in total. The number of anilines is 1. The summed E-state index contributed by atoms with van der Waals surface area (Å²) in [5, 5.41) is 13.0. The highest BCUT2D eigenvalue weighted by molar-refractivity contribution is 5.94. The van der Waals surface area contributed by atoms with Crippen molar-refractivity contribution in [3.05, 3.63) is 52.3 Å². The number of methoxy groups -OCH3 is 1. The van der Waals surface area contributed by atoms with E-state index in [9.17, 15) is 19.7 Å². The van der Waals surface area contributed by atoms with Gasteiger partial charge < -0.3 is 19.2 Å². The molecule has 0 aliphatic rings. The molecule has 0 fully saturated rings. The van der Waals surface area contributed by atoms with Gasteiger partial charge in [0.1, 0.15) is 10.7 Å². The number of benzene rings is 1. The number of hydrogen-bond donors (Lipinski definition) is 1. The van der Waals surface area contributed by atoms with Crippen LogP contribution in [0, 0.1) is 10.1 Å². The maximum absolute atomic E-state index is 11.7. The van der Waals surface area contributed by atoms with E-state index >= 15 is 0 Å². The fourth-order valence-electron chi connectivity index (χ4n) is 1.64. The summed E-state index contributed by atoms with van der Waals surface area (Å²) in [4.78, 5) is 33.0. The van der Waals surface area contributed by atoms with Crippen molar-refractivity contribution in [3.8, 4) is 5.75 Å². The van der Waals surface area contributed by atoms with Crippen LogP contribution in [0.5, 0.6) is 5.75 Å². The third kappa shape index (κ3) is 4.30. The molecule has 1 amide bonds. The summed E-state index contributed by atoms with van der Waals surface area (Å²) in [7, 11) is 1.49. The van der Waals surface area contributed by atoms with Crippen molar-refractivity contribution in [2.24, 2.45) is 0 Å². The monoisotopic (exact) mass is 320 g/mol. The first-order valence-corrected chi connectivity index (χ1v) is 6.35. The Bertz CT molecular complexity index is 738.